The topological polar surface area (TPSA) is 69.1 Å². The number of primary amides is 1. The summed E-state index contributed by atoms with van der Waals surface area (Å²) in [5.41, 5.74) is 13.0. The van der Waals surface area contributed by atoms with Gasteiger partial charge in [0.05, 0.1) is 0 Å². The smallest absolute Gasteiger partial charge is 0.249 e. The first-order valence-corrected chi connectivity index (χ1v) is 4.22. The van der Waals surface area contributed by atoms with Crippen LogP contribution in [0.25, 0.3) is 0 Å². The van der Waals surface area contributed by atoms with Crippen LogP contribution in [0.4, 0.5) is 5.69 Å². The molecule has 3 heteroatoms. The highest BCUT2D eigenvalue weighted by Gasteiger charge is 2.13. The molecule has 3 nitrogen and oxygen atoms in total. The van der Waals surface area contributed by atoms with E-state index >= 15 is 0 Å². The molecule has 0 saturated heterocycles. The van der Waals surface area contributed by atoms with Gasteiger partial charge in [0.15, 0.2) is 0 Å². The van der Waals surface area contributed by atoms with Crippen LogP contribution in [-0.2, 0) is 0 Å². The Kier molecular flexibility index (Phi) is 2.56. The standard InChI is InChI=1S/C10H14N2O/c1-6(2)9-7(10(12)13)4-3-5-8(9)11/h3-6H,11H2,1-2H3,(H2,12,13). The van der Waals surface area contributed by atoms with Crippen molar-refractivity contribution >= 4 is 11.6 Å². The van der Waals surface area contributed by atoms with Gasteiger partial charge < -0.3 is 11.5 Å². The van der Waals surface area contributed by atoms with Crippen LogP contribution in [0, 0.1) is 0 Å². The Bertz CT molecular complexity index is 332. The Morgan fingerprint density at radius 3 is 2.38 bits per heavy atom. The van der Waals surface area contributed by atoms with E-state index in [1.54, 1.807) is 18.2 Å². The van der Waals surface area contributed by atoms with Gasteiger partial charge in [0.25, 0.3) is 0 Å². The lowest BCUT2D eigenvalue weighted by molar-refractivity contribution is 0.0999. The summed E-state index contributed by atoms with van der Waals surface area (Å²) in [7, 11) is 0. The van der Waals surface area contributed by atoms with E-state index in [4.69, 9.17) is 11.5 Å². The maximum atomic E-state index is 11.0. The lowest BCUT2D eigenvalue weighted by Crippen LogP contribution is -2.15. The third-order valence-electron chi connectivity index (χ3n) is 1.98. The Balaban J connectivity index is 3.34. The molecule has 0 radical (unpaired) electrons. The van der Waals surface area contributed by atoms with Crippen molar-refractivity contribution in [2.24, 2.45) is 5.73 Å². The molecular weight excluding hydrogens is 164 g/mol. The average molecular weight is 178 g/mol. The number of hydrogen-bond donors (Lipinski definition) is 2. The molecule has 0 spiro atoms. The number of benzene rings is 1. The maximum absolute atomic E-state index is 11.0. The molecule has 1 aromatic carbocycles. The summed E-state index contributed by atoms with van der Waals surface area (Å²) >= 11 is 0. The van der Waals surface area contributed by atoms with E-state index in [2.05, 4.69) is 0 Å². The van der Waals surface area contributed by atoms with Gasteiger partial charge in [-0.1, -0.05) is 19.9 Å². The first-order chi connectivity index (χ1) is 6.04. The molecule has 4 N–H and O–H groups in total. The molecule has 70 valence electrons. The number of amides is 1. The second-order valence-corrected chi connectivity index (χ2v) is 3.33. The van der Waals surface area contributed by atoms with E-state index in [0.717, 1.165) is 5.56 Å². The number of carbonyl (C=O) groups is 1. The zero-order valence-electron chi connectivity index (χ0n) is 7.87. The fourth-order valence-electron chi connectivity index (χ4n) is 1.44. The molecule has 13 heavy (non-hydrogen) atoms. The second kappa shape index (κ2) is 3.47. The lowest BCUT2D eigenvalue weighted by atomic mass is 9.95. The van der Waals surface area contributed by atoms with Crippen molar-refractivity contribution in [1.82, 2.24) is 0 Å². The zero-order valence-corrected chi connectivity index (χ0v) is 7.87. The van der Waals surface area contributed by atoms with Gasteiger partial charge in [0, 0.05) is 11.3 Å². The van der Waals surface area contributed by atoms with Crippen LogP contribution in [0.3, 0.4) is 0 Å². The van der Waals surface area contributed by atoms with Gasteiger partial charge in [-0.2, -0.15) is 0 Å². The fourth-order valence-corrected chi connectivity index (χ4v) is 1.44. The van der Waals surface area contributed by atoms with Gasteiger partial charge in [0.1, 0.15) is 0 Å². The summed E-state index contributed by atoms with van der Waals surface area (Å²) in [4.78, 5) is 11.0. The van der Waals surface area contributed by atoms with Crippen molar-refractivity contribution in [3.05, 3.63) is 29.3 Å². The highest BCUT2D eigenvalue weighted by Crippen LogP contribution is 2.25. The van der Waals surface area contributed by atoms with Crippen LogP contribution in [0.1, 0.15) is 35.7 Å². The van der Waals surface area contributed by atoms with Gasteiger partial charge in [0.2, 0.25) is 5.91 Å². The van der Waals surface area contributed by atoms with E-state index in [9.17, 15) is 4.79 Å². The van der Waals surface area contributed by atoms with E-state index in [1.165, 1.54) is 0 Å². The van der Waals surface area contributed by atoms with Crippen molar-refractivity contribution in [2.75, 3.05) is 5.73 Å². The first-order valence-electron chi connectivity index (χ1n) is 4.22. The third kappa shape index (κ3) is 1.80. The summed E-state index contributed by atoms with van der Waals surface area (Å²) in [6, 6.07) is 5.22. The molecule has 0 aromatic heterocycles. The SMILES string of the molecule is CC(C)c1c(N)cccc1C(N)=O. The largest absolute Gasteiger partial charge is 0.398 e. The second-order valence-electron chi connectivity index (χ2n) is 3.33. The van der Waals surface area contributed by atoms with E-state index < -0.39 is 5.91 Å². The summed E-state index contributed by atoms with van der Waals surface area (Å²) in [5.74, 6) is -0.209. The number of nitrogens with two attached hydrogens (primary N) is 2. The number of nitrogen functional groups attached to an aromatic ring is 1. The Hall–Kier alpha value is -1.51. The van der Waals surface area contributed by atoms with Crippen molar-refractivity contribution in [3.63, 3.8) is 0 Å². The summed E-state index contributed by atoms with van der Waals surface area (Å²) in [6.45, 7) is 3.97. The number of rotatable bonds is 2. The molecule has 1 aromatic rings. The summed E-state index contributed by atoms with van der Waals surface area (Å²) in [6.07, 6.45) is 0. The van der Waals surface area contributed by atoms with E-state index in [1.807, 2.05) is 13.8 Å². The maximum Gasteiger partial charge on any atom is 0.249 e. The molecular formula is C10H14N2O. The van der Waals surface area contributed by atoms with Gasteiger partial charge in [-0.3, -0.25) is 4.79 Å². The number of carbonyl (C=O) groups excluding carboxylic acids is 1. The predicted molar refractivity (Wildman–Crippen MR) is 53.5 cm³/mol. The lowest BCUT2D eigenvalue weighted by Gasteiger charge is -2.12. The van der Waals surface area contributed by atoms with Gasteiger partial charge in [-0.15, -0.1) is 0 Å². The molecule has 0 heterocycles. The quantitative estimate of drug-likeness (QED) is 0.673. The minimum absolute atomic E-state index is 0.212. The minimum atomic E-state index is -0.420. The molecule has 0 fully saturated rings. The van der Waals surface area contributed by atoms with Crippen LogP contribution in [0.2, 0.25) is 0 Å². The fraction of sp³-hybridized carbons (Fsp3) is 0.300. The normalized spacial score (nSPS) is 10.4. The molecule has 0 bridgehead atoms. The Labute approximate surface area is 77.7 Å². The first kappa shape index (κ1) is 9.58. The van der Waals surface area contributed by atoms with Crippen LogP contribution >= 0.6 is 0 Å². The van der Waals surface area contributed by atoms with E-state index in [-0.39, 0.29) is 5.92 Å². The van der Waals surface area contributed by atoms with E-state index in [0.29, 0.717) is 11.3 Å². The van der Waals surface area contributed by atoms with Crippen molar-refractivity contribution in [2.45, 2.75) is 19.8 Å². The Morgan fingerprint density at radius 2 is 2.00 bits per heavy atom. The van der Waals surface area contributed by atoms with Crippen LogP contribution < -0.4 is 11.5 Å². The van der Waals surface area contributed by atoms with Gasteiger partial charge in [-0.25, -0.2) is 0 Å². The van der Waals surface area contributed by atoms with Crippen molar-refractivity contribution in [3.8, 4) is 0 Å². The van der Waals surface area contributed by atoms with Crippen LogP contribution in [0.15, 0.2) is 18.2 Å². The molecule has 1 rings (SSSR count). The third-order valence-corrected chi connectivity index (χ3v) is 1.98. The minimum Gasteiger partial charge on any atom is -0.398 e. The molecule has 0 unspecified atom stereocenters. The molecule has 0 atom stereocenters. The molecule has 0 aliphatic carbocycles. The Morgan fingerprint density at radius 1 is 1.38 bits per heavy atom. The summed E-state index contributed by atoms with van der Waals surface area (Å²) < 4.78 is 0. The monoisotopic (exact) mass is 178 g/mol. The average Bonchev–Trinajstić information content (AvgIpc) is 2.02. The predicted octanol–water partition coefficient (Wildman–Crippen LogP) is 1.49. The van der Waals surface area contributed by atoms with Crippen LogP contribution in [-0.4, -0.2) is 5.91 Å². The van der Waals surface area contributed by atoms with Gasteiger partial charge in [-0.05, 0) is 23.6 Å². The van der Waals surface area contributed by atoms with Crippen molar-refractivity contribution in [1.29, 1.82) is 0 Å². The van der Waals surface area contributed by atoms with Crippen molar-refractivity contribution < 1.29 is 4.79 Å². The van der Waals surface area contributed by atoms with Gasteiger partial charge >= 0.3 is 0 Å². The molecule has 1 amide bonds. The molecule has 0 aliphatic rings. The highest BCUT2D eigenvalue weighted by molar-refractivity contribution is 5.95. The molecule has 0 saturated carbocycles. The zero-order chi connectivity index (χ0) is 10.0. The van der Waals surface area contributed by atoms with Crippen LogP contribution in [0.5, 0.6) is 0 Å². The molecule has 0 aliphatic heterocycles. The number of hydrogen-bond acceptors (Lipinski definition) is 2. The number of anilines is 1. The summed E-state index contributed by atoms with van der Waals surface area (Å²) in [5, 5.41) is 0. The highest BCUT2D eigenvalue weighted by atomic mass is 16.1.